The second kappa shape index (κ2) is 8.88. The number of carbonyl (C=O) groups is 1. The first kappa shape index (κ1) is 20.6. The number of aromatic amines is 1. The van der Waals surface area contributed by atoms with Gasteiger partial charge in [-0.15, -0.1) is 0 Å². The number of hydrogen-bond donors (Lipinski definition) is 1. The molecule has 0 aliphatic carbocycles. The second-order valence-electron chi connectivity index (χ2n) is 6.89. The molecule has 2 heterocycles. The highest BCUT2D eigenvalue weighted by atomic mass is 16.5. The number of hydrogen-bond acceptors (Lipinski definition) is 5. The van der Waals surface area contributed by atoms with Gasteiger partial charge < -0.3 is 14.5 Å². The number of para-hydroxylation sites is 2. The van der Waals surface area contributed by atoms with Crippen LogP contribution in [0.4, 0.5) is 11.4 Å². The zero-order valence-electron chi connectivity index (χ0n) is 17.5. The number of esters is 1. The Morgan fingerprint density at radius 1 is 1.10 bits per heavy atom. The molecular formula is C22H28N4O3. The molecule has 1 aliphatic heterocycles. The van der Waals surface area contributed by atoms with Gasteiger partial charge in [-0.1, -0.05) is 31.7 Å². The Kier molecular flexibility index (Phi) is 6.29. The number of rotatable bonds is 7. The fourth-order valence-electron chi connectivity index (χ4n) is 3.55. The molecule has 29 heavy (non-hydrogen) atoms. The van der Waals surface area contributed by atoms with E-state index in [2.05, 4.69) is 46.6 Å². The van der Waals surface area contributed by atoms with Crippen molar-refractivity contribution in [1.82, 2.24) is 9.78 Å². The molecule has 3 rings (SSSR count). The van der Waals surface area contributed by atoms with Gasteiger partial charge in [0.05, 0.1) is 23.5 Å². The highest BCUT2D eigenvalue weighted by Gasteiger charge is 2.30. The van der Waals surface area contributed by atoms with Crippen molar-refractivity contribution in [1.29, 1.82) is 0 Å². The van der Waals surface area contributed by atoms with Crippen molar-refractivity contribution in [3.63, 3.8) is 0 Å². The van der Waals surface area contributed by atoms with Gasteiger partial charge in [-0.25, -0.2) is 4.79 Å². The highest BCUT2D eigenvalue weighted by Crippen LogP contribution is 2.41. The van der Waals surface area contributed by atoms with E-state index in [1.165, 1.54) is 4.68 Å². The zero-order chi connectivity index (χ0) is 21.0. The molecule has 0 amide bonds. The molecule has 0 radical (unpaired) electrons. The predicted octanol–water partition coefficient (Wildman–Crippen LogP) is 3.49. The van der Waals surface area contributed by atoms with Gasteiger partial charge >= 0.3 is 5.97 Å². The van der Waals surface area contributed by atoms with Gasteiger partial charge in [0.2, 0.25) is 0 Å². The normalized spacial score (nSPS) is 12.8. The number of aryl methyl sites for hydroxylation is 1. The average Bonchev–Trinajstić information content (AvgIpc) is 3.16. The maximum atomic E-state index is 12.6. The fourth-order valence-corrected chi connectivity index (χ4v) is 3.55. The van der Waals surface area contributed by atoms with Crippen LogP contribution in [0.25, 0.3) is 6.08 Å². The molecule has 0 atom stereocenters. The number of H-pyrrole nitrogens is 1. The number of anilines is 2. The predicted molar refractivity (Wildman–Crippen MR) is 115 cm³/mol. The summed E-state index contributed by atoms with van der Waals surface area (Å²) in [5.41, 5.74) is 5.68. The van der Waals surface area contributed by atoms with Gasteiger partial charge in [0.1, 0.15) is 0 Å². The van der Waals surface area contributed by atoms with E-state index in [9.17, 15) is 9.59 Å². The minimum Gasteiger partial charge on any atom is -0.461 e. The van der Waals surface area contributed by atoms with Crippen LogP contribution in [0.5, 0.6) is 0 Å². The number of nitrogens with one attached hydrogen (secondary N) is 1. The van der Waals surface area contributed by atoms with Crippen LogP contribution in [0.15, 0.2) is 40.6 Å². The summed E-state index contributed by atoms with van der Waals surface area (Å²) < 4.78 is 6.36. The summed E-state index contributed by atoms with van der Waals surface area (Å²) in [7, 11) is 1.58. The van der Waals surface area contributed by atoms with E-state index in [1.807, 2.05) is 12.1 Å². The summed E-state index contributed by atoms with van der Waals surface area (Å²) in [5, 5.41) is 2.78. The Hall–Kier alpha value is -3.18. The van der Waals surface area contributed by atoms with Crippen molar-refractivity contribution in [3.8, 4) is 0 Å². The molecule has 1 aromatic carbocycles. The number of carbonyl (C=O) groups excluding carboxylic acids is 1. The van der Waals surface area contributed by atoms with Crippen molar-refractivity contribution >= 4 is 23.4 Å². The topological polar surface area (TPSA) is 70.6 Å². The van der Waals surface area contributed by atoms with Crippen LogP contribution in [0, 0.1) is 0 Å². The molecule has 0 spiro atoms. The molecule has 0 saturated carbocycles. The Labute approximate surface area is 170 Å². The number of fused-ring (bicyclic) bond motifs is 1. The van der Waals surface area contributed by atoms with E-state index >= 15 is 0 Å². The van der Waals surface area contributed by atoms with Crippen LogP contribution in [-0.4, -0.2) is 35.4 Å². The first-order valence-corrected chi connectivity index (χ1v) is 10.1. The third-order valence-electron chi connectivity index (χ3n) is 4.78. The van der Waals surface area contributed by atoms with Crippen LogP contribution in [0.3, 0.4) is 0 Å². The van der Waals surface area contributed by atoms with E-state index in [1.54, 1.807) is 20.0 Å². The summed E-state index contributed by atoms with van der Waals surface area (Å²) >= 11 is 0. The number of aromatic nitrogens is 2. The minimum atomic E-state index is -0.547. The van der Waals surface area contributed by atoms with Gasteiger partial charge in [0.25, 0.3) is 5.56 Å². The van der Waals surface area contributed by atoms with Crippen LogP contribution in [0.2, 0.25) is 0 Å². The lowest BCUT2D eigenvalue weighted by Crippen LogP contribution is -2.29. The molecule has 7 heteroatoms. The zero-order valence-corrected chi connectivity index (χ0v) is 17.5. The van der Waals surface area contributed by atoms with Crippen LogP contribution in [-0.2, 0) is 11.8 Å². The summed E-state index contributed by atoms with van der Waals surface area (Å²) in [5.74, 6) is 0.335. The Morgan fingerprint density at radius 3 is 2.21 bits per heavy atom. The molecule has 0 bridgehead atoms. The molecule has 0 fully saturated rings. The van der Waals surface area contributed by atoms with Crippen LogP contribution < -0.4 is 15.4 Å². The molecule has 0 unspecified atom stereocenters. The summed E-state index contributed by atoms with van der Waals surface area (Å²) in [6.07, 6.45) is 3.54. The van der Waals surface area contributed by atoms with Crippen molar-refractivity contribution in [3.05, 3.63) is 57.4 Å². The maximum Gasteiger partial charge on any atom is 0.357 e. The molecule has 1 aliphatic rings. The Balaban J connectivity index is 2.14. The second-order valence-corrected chi connectivity index (χ2v) is 6.89. The third-order valence-corrected chi connectivity index (χ3v) is 4.78. The van der Waals surface area contributed by atoms with Gasteiger partial charge in [-0.05, 0) is 38.0 Å². The van der Waals surface area contributed by atoms with Crippen molar-refractivity contribution in [2.75, 3.05) is 29.5 Å². The molecule has 1 aromatic heterocycles. The van der Waals surface area contributed by atoms with E-state index in [4.69, 9.17) is 4.74 Å². The lowest BCUT2D eigenvalue weighted by atomic mass is 10.2. The van der Waals surface area contributed by atoms with Gasteiger partial charge in [0, 0.05) is 20.1 Å². The largest absolute Gasteiger partial charge is 0.461 e. The summed E-state index contributed by atoms with van der Waals surface area (Å²) in [6.45, 7) is 7.91. The smallest absolute Gasteiger partial charge is 0.357 e. The molecule has 154 valence electrons. The summed E-state index contributed by atoms with van der Waals surface area (Å²) in [6, 6.07) is 8.25. The summed E-state index contributed by atoms with van der Waals surface area (Å²) in [4.78, 5) is 29.2. The Bertz CT molecular complexity index is 976. The van der Waals surface area contributed by atoms with E-state index in [0.29, 0.717) is 0 Å². The molecular weight excluding hydrogens is 368 g/mol. The number of nitrogens with zero attached hydrogens (tertiary/aromatic N) is 3. The quantitative estimate of drug-likeness (QED) is 0.573. The number of benzene rings is 1. The Morgan fingerprint density at radius 2 is 1.69 bits per heavy atom. The van der Waals surface area contributed by atoms with Crippen molar-refractivity contribution < 1.29 is 9.53 Å². The van der Waals surface area contributed by atoms with E-state index < -0.39 is 5.97 Å². The molecule has 2 aromatic rings. The monoisotopic (exact) mass is 396 g/mol. The average molecular weight is 396 g/mol. The first-order chi connectivity index (χ1) is 14.0. The minimum absolute atomic E-state index is 0.145. The lowest BCUT2D eigenvalue weighted by Gasteiger charge is -2.22. The van der Waals surface area contributed by atoms with Gasteiger partial charge in [0.15, 0.2) is 11.5 Å². The van der Waals surface area contributed by atoms with Crippen molar-refractivity contribution in [2.45, 2.75) is 33.6 Å². The fraction of sp³-hybridized carbons (Fsp3) is 0.409. The van der Waals surface area contributed by atoms with Gasteiger partial charge in [-0.3, -0.25) is 14.6 Å². The van der Waals surface area contributed by atoms with E-state index in [0.717, 1.165) is 43.1 Å². The highest BCUT2D eigenvalue weighted by molar-refractivity contribution is 5.91. The maximum absolute atomic E-state index is 12.6. The van der Waals surface area contributed by atoms with Crippen LogP contribution in [0.1, 0.15) is 49.7 Å². The van der Waals surface area contributed by atoms with E-state index in [-0.39, 0.29) is 23.4 Å². The van der Waals surface area contributed by atoms with Crippen molar-refractivity contribution in [2.24, 2.45) is 7.05 Å². The van der Waals surface area contributed by atoms with Gasteiger partial charge in [-0.2, -0.15) is 0 Å². The molecule has 7 nitrogen and oxygen atoms in total. The molecule has 0 saturated heterocycles. The third kappa shape index (κ3) is 3.87. The molecule has 1 N–H and O–H groups in total. The SMILES string of the molecule is CCCN1C(=C=Cc2c(C(=O)OCC)[nH]n(C)c2=O)N(CCC)c2ccccc21. The first-order valence-electron chi connectivity index (χ1n) is 10.1. The van der Waals surface area contributed by atoms with Crippen LogP contribution >= 0.6 is 0 Å². The lowest BCUT2D eigenvalue weighted by molar-refractivity contribution is 0.0518. The number of ether oxygens (including phenoxy) is 1. The standard InChI is InChI=1S/C22H28N4O3/c1-5-14-25-17-10-8-9-11-18(17)26(15-6-2)19(25)13-12-16-20(22(28)29-7-3)23-24(4)21(16)27/h8-12,23H,5-7,14-15H2,1-4H3.